The molecule has 140 valence electrons. The van der Waals surface area contributed by atoms with Gasteiger partial charge in [0.2, 0.25) is 0 Å². The van der Waals surface area contributed by atoms with Crippen molar-refractivity contribution in [3.8, 4) is 0 Å². The molecule has 0 aliphatic carbocycles. The van der Waals surface area contributed by atoms with Gasteiger partial charge in [-0.3, -0.25) is 14.7 Å². The van der Waals surface area contributed by atoms with Crippen LogP contribution in [0.2, 0.25) is 5.02 Å². The largest absolute Gasteiger partial charge is 0.366 e. The van der Waals surface area contributed by atoms with Crippen LogP contribution in [0.1, 0.15) is 38.1 Å². The van der Waals surface area contributed by atoms with Crippen molar-refractivity contribution in [2.24, 2.45) is 5.92 Å². The van der Waals surface area contributed by atoms with Crippen molar-refractivity contribution >= 4 is 17.3 Å². The van der Waals surface area contributed by atoms with Gasteiger partial charge in [0.05, 0.1) is 11.9 Å². The first kappa shape index (κ1) is 18.9. The molecule has 0 radical (unpaired) electrons. The molecule has 1 N–H and O–H groups in total. The average Bonchev–Trinajstić information content (AvgIpc) is 2.65. The zero-order valence-corrected chi connectivity index (χ0v) is 16.3. The molecule has 0 aromatic carbocycles. The standard InChI is InChI=1S/C19H26ClN5O/c1-4-15-14(6-5-7-21-15)18(13(2)3)25-10-8-24(9-11-25)16-12-22-23-19(26)17(16)20/h5-7,12-13,18H,4,8-11H2,1-3H3,(H,23,26). The molecule has 0 bridgehead atoms. The van der Waals surface area contributed by atoms with E-state index >= 15 is 0 Å². The van der Waals surface area contributed by atoms with Crippen molar-refractivity contribution in [3.63, 3.8) is 0 Å². The van der Waals surface area contributed by atoms with E-state index in [9.17, 15) is 4.79 Å². The third kappa shape index (κ3) is 3.76. The SMILES string of the molecule is CCc1ncccc1C(C(C)C)N1CCN(c2cn[nH]c(=O)c2Cl)CC1. The van der Waals surface area contributed by atoms with Crippen LogP contribution < -0.4 is 10.5 Å². The monoisotopic (exact) mass is 375 g/mol. The van der Waals surface area contributed by atoms with Crippen LogP contribution in [0.15, 0.2) is 29.3 Å². The van der Waals surface area contributed by atoms with Crippen LogP contribution in [0, 0.1) is 5.92 Å². The fraction of sp³-hybridized carbons (Fsp3) is 0.526. The highest BCUT2D eigenvalue weighted by molar-refractivity contribution is 6.32. The predicted octanol–water partition coefficient (Wildman–Crippen LogP) is 2.90. The van der Waals surface area contributed by atoms with Gasteiger partial charge in [0.15, 0.2) is 0 Å². The number of aryl methyl sites for hydroxylation is 1. The van der Waals surface area contributed by atoms with Gasteiger partial charge in [-0.15, -0.1) is 0 Å². The molecule has 1 atom stereocenters. The van der Waals surface area contributed by atoms with Crippen molar-refractivity contribution in [1.82, 2.24) is 20.1 Å². The Balaban J connectivity index is 1.79. The average molecular weight is 376 g/mol. The summed E-state index contributed by atoms with van der Waals surface area (Å²) in [5.41, 5.74) is 2.88. The summed E-state index contributed by atoms with van der Waals surface area (Å²) in [7, 11) is 0. The van der Waals surface area contributed by atoms with Crippen molar-refractivity contribution in [2.45, 2.75) is 33.2 Å². The number of rotatable bonds is 5. The van der Waals surface area contributed by atoms with Gasteiger partial charge in [-0.1, -0.05) is 38.4 Å². The van der Waals surface area contributed by atoms with E-state index in [2.05, 4.69) is 51.8 Å². The Morgan fingerprint density at radius 2 is 2.00 bits per heavy atom. The lowest BCUT2D eigenvalue weighted by Crippen LogP contribution is -2.49. The summed E-state index contributed by atoms with van der Waals surface area (Å²) in [6, 6.07) is 4.58. The minimum absolute atomic E-state index is 0.217. The topological polar surface area (TPSA) is 65.1 Å². The van der Waals surface area contributed by atoms with Crippen LogP contribution in [-0.2, 0) is 6.42 Å². The van der Waals surface area contributed by atoms with Gasteiger partial charge in [0.25, 0.3) is 5.56 Å². The second-order valence-electron chi connectivity index (χ2n) is 7.00. The number of anilines is 1. The maximum atomic E-state index is 11.7. The highest BCUT2D eigenvalue weighted by Gasteiger charge is 2.29. The van der Waals surface area contributed by atoms with Gasteiger partial charge in [-0.05, 0) is 24.0 Å². The zero-order valence-electron chi connectivity index (χ0n) is 15.6. The number of aromatic nitrogens is 3. The highest BCUT2D eigenvalue weighted by Crippen LogP contribution is 2.32. The minimum Gasteiger partial charge on any atom is -0.366 e. The van der Waals surface area contributed by atoms with E-state index in [-0.39, 0.29) is 10.6 Å². The molecule has 6 nitrogen and oxygen atoms in total. The number of nitrogens with one attached hydrogen (secondary N) is 1. The predicted molar refractivity (Wildman–Crippen MR) is 105 cm³/mol. The van der Waals surface area contributed by atoms with Crippen molar-refractivity contribution in [1.29, 1.82) is 0 Å². The molecule has 2 aromatic heterocycles. The Labute approximate surface area is 159 Å². The van der Waals surface area contributed by atoms with E-state index in [1.807, 2.05) is 12.3 Å². The molecule has 0 saturated carbocycles. The van der Waals surface area contributed by atoms with Crippen LogP contribution >= 0.6 is 11.6 Å². The lowest BCUT2D eigenvalue weighted by Gasteiger charge is -2.42. The summed E-state index contributed by atoms with van der Waals surface area (Å²) in [6.45, 7) is 10.1. The number of nitrogens with zero attached hydrogens (tertiary/aromatic N) is 4. The highest BCUT2D eigenvalue weighted by atomic mass is 35.5. The fourth-order valence-corrected chi connectivity index (χ4v) is 4.04. The Morgan fingerprint density at radius 3 is 2.65 bits per heavy atom. The smallest absolute Gasteiger partial charge is 0.285 e. The Bertz CT molecular complexity index is 799. The molecule has 1 unspecified atom stereocenters. The first-order chi connectivity index (χ1) is 12.5. The second-order valence-corrected chi connectivity index (χ2v) is 7.38. The summed E-state index contributed by atoms with van der Waals surface area (Å²) in [5, 5.41) is 6.48. The van der Waals surface area contributed by atoms with Gasteiger partial charge in [-0.25, -0.2) is 5.10 Å². The number of halogens is 1. The molecular weight excluding hydrogens is 350 g/mol. The number of hydrogen-bond donors (Lipinski definition) is 1. The molecule has 2 aromatic rings. The quantitative estimate of drug-likeness (QED) is 0.870. The number of hydrogen-bond acceptors (Lipinski definition) is 5. The summed E-state index contributed by atoms with van der Waals surface area (Å²) in [6.07, 6.45) is 4.45. The van der Waals surface area contributed by atoms with Gasteiger partial charge < -0.3 is 4.90 Å². The van der Waals surface area contributed by atoms with Gasteiger partial charge >= 0.3 is 0 Å². The number of pyridine rings is 1. The molecule has 1 aliphatic heterocycles. The molecule has 3 heterocycles. The van der Waals surface area contributed by atoms with E-state index in [4.69, 9.17) is 11.6 Å². The molecule has 7 heteroatoms. The van der Waals surface area contributed by atoms with Crippen LogP contribution in [0.4, 0.5) is 5.69 Å². The first-order valence-electron chi connectivity index (χ1n) is 9.18. The molecule has 3 rings (SSSR count). The van der Waals surface area contributed by atoms with Gasteiger partial charge in [0, 0.05) is 44.1 Å². The van der Waals surface area contributed by atoms with E-state index in [0.717, 1.165) is 32.6 Å². The molecule has 1 fully saturated rings. The van der Waals surface area contributed by atoms with E-state index in [1.54, 1.807) is 6.20 Å². The van der Waals surface area contributed by atoms with Crippen molar-refractivity contribution in [2.75, 3.05) is 31.1 Å². The molecule has 1 saturated heterocycles. The fourth-order valence-electron chi connectivity index (χ4n) is 3.83. The van der Waals surface area contributed by atoms with Crippen molar-refractivity contribution in [3.05, 3.63) is 51.2 Å². The van der Waals surface area contributed by atoms with Crippen LogP contribution in [0.5, 0.6) is 0 Å². The molecule has 26 heavy (non-hydrogen) atoms. The third-order valence-corrected chi connectivity index (χ3v) is 5.40. The van der Waals surface area contributed by atoms with Gasteiger partial charge in [-0.2, -0.15) is 5.10 Å². The first-order valence-corrected chi connectivity index (χ1v) is 9.56. The molecular formula is C19H26ClN5O. The van der Waals surface area contributed by atoms with Crippen LogP contribution in [0.3, 0.4) is 0 Å². The summed E-state index contributed by atoms with van der Waals surface area (Å²) in [4.78, 5) is 20.9. The van der Waals surface area contributed by atoms with E-state index in [0.29, 0.717) is 17.6 Å². The van der Waals surface area contributed by atoms with Crippen LogP contribution in [-0.4, -0.2) is 46.3 Å². The summed E-state index contributed by atoms with van der Waals surface area (Å²) < 4.78 is 0. The second kappa shape index (κ2) is 8.18. The third-order valence-electron chi connectivity index (χ3n) is 5.04. The minimum atomic E-state index is -0.338. The molecule has 1 aliphatic rings. The normalized spacial score (nSPS) is 16.9. The molecule has 0 amide bonds. The Morgan fingerprint density at radius 1 is 1.27 bits per heavy atom. The summed E-state index contributed by atoms with van der Waals surface area (Å²) >= 11 is 6.16. The van der Waals surface area contributed by atoms with E-state index in [1.165, 1.54) is 11.3 Å². The molecule has 0 spiro atoms. The maximum Gasteiger partial charge on any atom is 0.285 e. The number of piperazine rings is 1. The summed E-state index contributed by atoms with van der Waals surface area (Å²) in [5.74, 6) is 0.487. The van der Waals surface area contributed by atoms with Gasteiger partial charge in [0.1, 0.15) is 5.02 Å². The Hall–Kier alpha value is -1.92. The van der Waals surface area contributed by atoms with Crippen molar-refractivity contribution < 1.29 is 0 Å². The number of H-pyrrole nitrogens is 1. The zero-order chi connectivity index (χ0) is 18.7. The maximum absolute atomic E-state index is 11.7. The lowest BCUT2D eigenvalue weighted by atomic mass is 9.92. The number of aromatic amines is 1. The van der Waals surface area contributed by atoms with Crippen LogP contribution in [0.25, 0.3) is 0 Å². The Kier molecular flexibility index (Phi) is 5.94. The lowest BCUT2D eigenvalue weighted by molar-refractivity contribution is 0.145. The van der Waals surface area contributed by atoms with E-state index < -0.39 is 0 Å².